The van der Waals surface area contributed by atoms with Gasteiger partial charge in [0, 0.05) is 12.7 Å². The van der Waals surface area contributed by atoms with E-state index in [-0.39, 0.29) is 0 Å². The van der Waals surface area contributed by atoms with Crippen LogP contribution in [-0.4, -0.2) is 7.05 Å². The highest BCUT2D eigenvalue weighted by molar-refractivity contribution is 5.07. The quantitative estimate of drug-likeness (QED) is 0.546. The second-order valence-corrected chi connectivity index (χ2v) is 1.53. The highest BCUT2D eigenvalue weighted by Crippen LogP contribution is 1.92. The van der Waals surface area contributed by atoms with E-state index in [2.05, 4.69) is 18.8 Å². The third-order valence-corrected chi connectivity index (χ3v) is 1.02. The van der Waals surface area contributed by atoms with Crippen LogP contribution in [0.1, 0.15) is 13.3 Å². The Morgan fingerprint density at radius 3 is 2.50 bits per heavy atom. The van der Waals surface area contributed by atoms with E-state index in [0.717, 1.165) is 6.42 Å². The van der Waals surface area contributed by atoms with Crippen molar-refractivity contribution in [1.29, 1.82) is 0 Å². The minimum absolute atomic E-state index is 1.04. The van der Waals surface area contributed by atoms with Gasteiger partial charge in [-0.15, -0.1) is 0 Å². The molecule has 0 aromatic heterocycles. The molecule has 0 heterocycles. The second-order valence-electron chi connectivity index (χ2n) is 1.53. The van der Waals surface area contributed by atoms with Gasteiger partial charge in [0.25, 0.3) is 0 Å². The lowest BCUT2D eigenvalue weighted by molar-refractivity contribution is 0.901. The van der Waals surface area contributed by atoms with Crippen molar-refractivity contribution in [2.45, 2.75) is 13.3 Å². The van der Waals surface area contributed by atoms with Crippen molar-refractivity contribution < 1.29 is 0 Å². The molecule has 0 aromatic rings. The monoisotopic (exact) mass is 111 g/mol. The minimum Gasteiger partial charge on any atom is -0.391 e. The van der Waals surface area contributed by atoms with E-state index in [9.17, 15) is 0 Å². The molecule has 0 saturated heterocycles. The minimum atomic E-state index is 1.04. The van der Waals surface area contributed by atoms with Crippen LogP contribution in [0.3, 0.4) is 0 Å². The molecule has 8 heavy (non-hydrogen) atoms. The zero-order valence-electron chi connectivity index (χ0n) is 5.57. The summed E-state index contributed by atoms with van der Waals surface area (Å²) in [6, 6.07) is 0. The van der Waals surface area contributed by atoms with Gasteiger partial charge in [-0.1, -0.05) is 19.6 Å². The lowest BCUT2D eigenvalue weighted by Crippen LogP contribution is -2.03. The van der Waals surface area contributed by atoms with E-state index in [0.29, 0.717) is 0 Å². The summed E-state index contributed by atoms with van der Waals surface area (Å²) in [4.78, 5) is 0. The Bertz CT molecular complexity index is 86.6. The van der Waals surface area contributed by atoms with E-state index >= 15 is 0 Å². The summed E-state index contributed by atoms with van der Waals surface area (Å²) >= 11 is 0. The molecule has 0 aromatic carbocycles. The van der Waals surface area contributed by atoms with E-state index < -0.39 is 0 Å². The average Bonchev–Trinajstić information content (AvgIpc) is 1.83. The smallest absolute Gasteiger partial charge is 0.0101 e. The Hall–Kier alpha value is -0.720. The Kier molecular flexibility index (Phi) is 4.04. The van der Waals surface area contributed by atoms with Gasteiger partial charge >= 0.3 is 0 Å². The topological polar surface area (TPSA) is 12.0 Å². The molecule has 46 valence electrons. The predicted octanol–water partition coefficient (Wildman–Crippen LogP) is 1.69. The summed E-state index contributed by atoms with van der Waals surface area (Å²) in [5.74, 6) is 0. The number of allylic oxidation sites excluding steroid dienone is 3. The maximum absolute atomic E-state index is 3.58. The van der Waals surface area contributed by atoms with Crippen LogP contribution >= 0.6 is 0 Å². The first kappa shape index (κ1) is 7.28. The molecule has 0 unspecified atom stereocenters. The first-order valence-electron chi connectivity index (χ1n) is 2.84. The SMILES string of the molecule is C=C/C=C(\CC)NC. The van der Waals surface area contributed by atoms with Crippen LogP contribution in [-0.2, 0) is 0 Å². The molecular formula is C7H13N. The summed E-state index contributed by atoms with van der Waals surface area (Å²) < 4.78 is 0. The van der Waals surface area contributed by atoms with Crippen molar-refractivity contribution in [3.05, 3.63) is 24.4 Å². The highest BCUT2D eigenvalue weighted by atomic mass is 14.8. The van der Waals surface area contributed by atoms with Crippen LogP contribution < -0.4 is 5.32 Å². The predicted molar refractivity (Wildman–Crippen MR) is 37.6 cm³/mol. The van der Waals surface area contributed by atoms with Crippen molar-refractivity contribution in [2.24, 2.45) is 0 Å². The normalized spacial score (nSPS) is 11.0. The van der Waals surface area contributed by atoms with Crippen LogP contribution in [0.4, 0.5) is 0 Å². The molecule has 0 saturated carbocycles. The molecule has 0 fully saturated rings. The molecule has 0 rings (SSSR count). The Labute approximate surface area is 51.1 Å². The lowest BCUT2D eigenvalue weighted by Gasteiger charge is -1.98. The standard InChI is InChI=1S/C7H13N/c1-4-6-7(5-2)8-3/h4,6,8H,1,5H2,2-3H3/b7-6+. The molecule has 0 atom stereocenters. The van der Waals surface area contributed by atoms with E-state index in [4.69, 9.17) is 0 Å². The highest BCUT2D eigenvalue weighted by Gasteiger charge is 1.81. The van der Waals surface area contributed by atoms with Crippen molar-refractivity contribution >= 4 is 0 Å². The molecule has 0 spiro atoms. The third-order valence-electron chi connectivity index (χ3n) is 1.02. The second kappa shape index (κ2) is 4.44. The Balaban J connectivity index is 3.66. The van der Waals surface area contributed by atoms with Gasteiger partial charge in [-0.25, -0.2) is 0 Å². The molecule has 0 aliphatic carbocycles. The number of rotatable bonds is 3. The average molecular weight is 111 g/mol. The lowest BCUT2D eigenvalue weighted by atomic mass is 10.3. The van der Waals surface area contributed by atoms with Gasteiger partial charge in [-0.05, 0) is 12.5 Å². The van der Waals surface area contributed by atoms with Gasteiger partial charge in [-0.2, -0.15) is 0 Å². The first-order valence-corrected chi connectivity index (χ1v) is 2.84. The fraction of sp³-hybridized carbons (Fsp3) is 0.429. The van der Waals surface area contributed by atoms with Crippen LogP contribution in [0.25, 0.3) is 0 Å². The van der Waals surface area contributed by atoms with E-state index in [1.165, 1.54) is 5.70 Å². The summed E-state index contributed by atoms with van der Waals surface area (Å²) in [5.41, 5.74) is 1.22. The molecule has 1 heteroatoms. The maximum Gasteiger partial charge on any atom is 0.0101 e. The van der Waals surface area contributed by atoms with Crippen LogP contribution in [0.2, 0.25) is 0 Å². The van der Waals surface area contributed by atoms with Gasteiger partial charge in [0.2, 0.25) is 0 Å². The van der Waals surface area contributed by atoms with Crippen molar-refractivity contribution in [2.75, 3.05) is 7.05 Å². The number of hydrogen-bond donors (Lipinski definition) is 1. The molecule has 0 radical (unpaired) electrons. The Morgan fingerprint density at radius 2 is 2.38 bits per heavy atom. The van der Waals surface area contributed by atoms with Gasteiger partial charge < -0.3 is 5.32 Å². The molecule has 1 nitrogen and oxygen atoms in total. The van der Waals surface area contributed by atoms with Crippen LogP contribution in [0, 0.1) is 0 Å². The van der Waals surface area contributed by atoms with Gasteiger partial charge in [0.1, 0.15) is 0 Å². The third kappa shape index (κ3) is 2.45. The van der Waals surface area contributed by atoms with Crippen molar-refractivity contribution in [1.82, 2.24) is 5.32 Å². The fourth-order valence-corrected chi connectivity index (χ4v) is 0.520. The maximum atomic E-state index is 3.58. The zero-order valence-corrected chi connectivity index (χ0v) is 5.57. The van der Waals surface area contributed by atoms with Gasteiger partial charge in [0.05, 0.1) is 0 Å². The number of hydrogen-bond acceptors (Lipinski definition) is 1. The van der Waals surface area contributed by atoms with Crippen LogP contribution in [0.5, 0.6) is 0 Å². The summed E-state index contributed by atoms with van der Waals surface area (Å²) in [6.07, 6.45) is 4.80. The summed E-state index contributed by atoms with van der Waals surface area (Å²) in [6.45, 7) is 5.68. The van der Waals surface area contributed by atoms with Crippen LogP contribution in [0.15, 0.2) is 24.4 Å². The molecule has 0 aliphatic rings. The largest absolute Gasteiger partial charge is 0.391 e. The molecule has 0 amide bonds. The molecule has 0 bridgehead atoms. The summed E-state index contributed by atoms with van der Waals surface area (Å²) in [7, 11) is 1.92. The Morgan fingerprint density at radius 1 is 1.75 bits per heavy atom. The molecule has 0 aliphatic heterocycles. The zero-order chi connectivity index (χ0) is 6.41. The summed E-state index contributed by atoms with van der Waals surface area (Å²) in [5, 5.41) is 3.04. The number of nitrogens with one attached hydrogen (secondary N) is 1. The fourth-order valence-electron chi connectivity index (χ4n) is 0.520. The van der Waals surface area contributed by atoms with Gasteiger partial charge in [0.15, 0.2) is 0 Å². The van der Waals surface area contributed by atoms with E-state index in [1.807, 2.05) is 13.1 Å². The van der Waals surface area contributed by atoms with Gasteiger partial charge in [-0.3, -0.25) is 0 Å². The molecule has 1 N–H and O–H groups in total. The first-order chi connectivity index (χ1) is 3.85. The van der Waals surface area contributed by atoms with E-state index in [1.54, 1.807) is 6.08 Å². The molecular weight excluding hydrogens is 98.1 g/mol. The van der Waals surface area contributed by atoms with Crippen molar-refractivity contribution in [3.63, 3.8) is 0 Å². The van der Waals surface area contributed by atoms with Crippen molar-refractivity contribution in [3.8, 4) is 0 Å².